The topological polar surface area (TPSA) is 121 Å². The smallest absolute Gasteiger partial charge is 0.336 e. The predicted molar refractivity (Wildman–Crippen MR) is 135 cm³/mol. The van der Waals surface area contributed by atoms with Crippen molar-refractivity contribution in [3.05, 3.63) is 96.2 Å². The van der Waals surface area contributed by atoms with Gasteiger partial charge in [0.05, 0.1) is 16.9 Å². The summed E-state index contributed by atoms with van der Waals surface area (Å²) >= 11 is 0. The first kappa shape index (κ1) is 23.3. The van der Waals surface area contributed by atoms with E-state index >= 15 is 0 Å². The van der Waals surface area contributed by atoms with Crippen LogP contribution in [0, 0.1) is 19.7 Å². The lowest BCUT2D eigenvalue weighted by atomic mass is 10.1. The van der Waals surface area contributed by atoms with Crippen LogP contribution in [-0.4, -0.2) is 19.6 Å². The number of carbonyl (C=O) groups excluding carboxylic acids is 1. The van der Waals surface area contributed by atoms with Gasteiger partial charge in [-0.2, -0.15) is 0 Å². The van der Waals surface area contributed by atoms with Crippen molar-refractivity contribution in [1.29, 1.82) is 0 Å². The number of anilines is 2. The minimum atomic E-state index is -0.627. The first-order chi connectivity index (χ1) is 17.1. The Balaban J connectivity index is 1.91. The zero-order valence-corrected chi connectivity index (χ0v) is 20.0. The number of fused-ring (bicyclic) bond motifs is 1. The molecule has 0 bridgehead atoms. The average Bonchev–Trinajstić information content (AvgIpc) is 3.67. The van der Waals surface area contributed by atoms with Crippen LogP contribution in [0.25, 0.3) is 16.6 Å². The number of benzene rings is 2. The van der Waals surface area contributed by atoms with Crippen LogP contribution in [0.5, 0.6) is 0 Å². The van der Waals surface area contributed by atoms with Gasteiger partial charge in [0, 0.05) is 24.2 Å². The van der Waals surface area contributed by atoms with Crippen molar-refractivity contribution in [3.8, 4) is 5.69 Å². The number of rotatable bonds is 5. The fourth-order valence-electron chi connectivity index (χ4n) is 4.48. The Hall–Kier alpha value is -4.47. The zero-order valence-electron chi connectivity index (χ0n) is 20.0. The number of nitrogens with two attached hydrogens (primary N) is 1. The van der Waals surface area contributed by atoms with Gasteiger partial charge in [0.25, 0.3) is 11.1 Å². The zero-order chi connectivity index (χ0) is 25.9. The molecule has 9 nitrogen and oxygen atoms in total. The molecule has 2 aromatic heterocycles. The summed E-state index contributed by atoms with van der Waals surface area (Å²) in [6.07, 6.45) is 1.34. The maximum atomic E-state index is 14.8. The molecule has 0 aliphatic heterocycles. The molecule has 2 aromatic carbocycles. The molecule has 10 heteroatoms. The lowest BCUT2D eigenvalue weighted by Crippen LogP contribution is -2.41. The van der Waals surface area contributed by atoms with Crippen LogP contribution in [0.2, 0.25) is 0 Å². The van der Waals surface area contributed by atoms with E-state index in [2.05, 4.69) is 5.32 Å². The molecule has 0 unspecified atom stereocenters. The van der Waals surface area contributed by atoms with E-state index in [0.29, 0.717) is 24.1 Å². The van der Waals surface area contributed by atoms with Gasteiger partial charge in [0.1, 0.15) is 17.0 Å². The average molecular weight is 490 g/mol. The molecule has 3 N–H and O–H groups in total. The van der Waals surface area contributed by atoms with Gasteiger partial charge in [-0.3, -0.25) is 28.1 Å². The van der Waals surface area contributed by atoms with Crippen molar-refractivity contribution in [3.63, 3.8) is 0 Å². The van der Waals surface area contributed by atoms with Gasteiger partial charge in [0.2, 0.25) is 5.91 Å². The van der Waals surface area contributed by atoms with E-state index < -0.39 is 28.5 Å². The second-order valence-corrected chi connectivity index (χ2v) is 9.11. The van der Waals surface area contributed by atoms with Crippen molar-refractivity contribution >= 4 is 28.3 Å². The maximum absolute atomic E-state index is 14.8. The minimum absolute atomic E-state index is 0.0743. The Morgan fingerprint density at radius 3 is 2.28 bits per heavy atom. The van der Waals surface area contributed by atoms with E-state index in [1.54, 1.807) is 13.0 Å². The van der Waals surface area contributed by atoms with Crippen LogP contribution < -0.4 is 27.9 Å². The minimum Gasteiger partial charge on any atom is -0.366 e. The molecule has 36 heavy (non-hydrogen) atoms. The summed E-state index contributed by atoms with van der Waals surface area (Å²) in [7, 11) is 1.49. The molecule has 0 atom stereocenters. The highest BCUT2D eigenvalue weighted by Crippen LogP contribution is 2.34. The molecule has 2 heterocycles. The summed E-state index contributed by atoms with van der Waals surface area (Å²) in [5, 5.41) is 3.01. The Morgan fingerprint density at radius 2 is 1.69 bits per heavy atom. The standard InChI is InChI=1S/C26H24FN5O4/c1-13-4-11-19(18(27)12-13)29-23-20-21(14(2)24(34)30(23)3)31(16-7-5-15(6-8-16)22(28)33)26(36)32(25(20)35)17-9-10-17/h4-8,11-12,17,29H,9-10H2,1-3H3,(H2,28,33). The van der Waals surface area contributed by atoms with Gasteiger partial charge in [-0.25, -0.2) is 9.18 Å². The quantitative estimate of drug-likeness (QED) is 0.447. The summed E-state index contributed by atoms with van der Waals surface area (Å²) in [5.74, 6) is -1.10. The van der Waals surface area contributed by atoms with E-state index in [1.807, 2.05) is 0 Å². The van der Waals surface area contributed by atoms with E-state index in [4.69, 9.17) is 5.73 Å². The van der Waals surface area contributed by atoms with Crippen molar-refractivity contribution in [2.24, 2.45) is 12.8 Å². The van der Waals surface area contributed by atoms with Gasteiger partial charge >= 0.3 is 5.69 Å². The van der Waals surface area contributed by atoms with Crippen molar-refractivity contribution in [1.82, 2.24) is 13.7 Å². The van der Waals surface area contributed by atoms with Crippen LogP contribution in [0.4, 0.5) is 15.9 Å². The third kappa shape index (κ3) is 3.62. The van der Waals surface area contributed by atoms with E-state index in [9.17, 15) is 23.6 Å². The first-order valence-corrected chi connectivity index (χ1v) is 11.4. The third-order valence-electron chi connectivity index (χ3n) is 6.54. The molecule has 1 aliphatic rings. The first-order valence-electron chi connectivity index (χ1n) is 11.4. The van der Waals surface area contributed by atoms with Gasteiger partial charge in [0.15, 0.2) is 0 Å². The van der Waals surface area contributed by atoms with E-state index in [-0.39, 0.29) is 39.6 Å². The van der Waals surface area contributed by atoms with Crippen LogP contribution in [0.15, 0.2) is 56.8 Å². The third-order valence-corrected chi connectivity index (χ3v) is 6.54. The normalized spacial score (nSPS) is 13.2. The highest BCUT2D eigenvalue weighted by atomic mass is 19.1. The number of hydrogen-bond acceptors (Lipinski definition) is 5. The van der Waals surface area contributed by atoms with E-state index in [0.717, 1.165) is 0 Å². The maximum Gasteiger partial charge on any atom is 0.336 e. The molecule has 1 amide bonds. The fraction of sp³-hybridized carbons (Fsp3) is 0.231. The number of nitrogens with zero attached hydrogens (tertiary/aromatic N) is 3. The molecular weight excluding hydrogens is 465 g/mol. The summed E-state index contributed by atoms with van der Waals surface area (Å²) < 4.78 is 18.5. The molecule has 1 saturated carbocycles. The Labute approximate surface area is 204 Å². The molecule has 1 aliphatic carbocycles. The van der Waals surface area contributed by atoms with Gasteiger partial charge in [-0.1, -0.05) is 6.07 Å². The monoisotopic (exact) mass is 489 g/mol. The summed E-state index contributed by atoms with van der Waals surface area (Å²) in [5.41, 5.74) is 5.44. The lowest BCUT2D eigenvalue weighted by molar-refractivity contribution is 0.100. The number of aryl methyl sites for hydroxylation is 2. The number of amides is 1. The molecule has 184 valence electrons. The largest absolute Gasteiger partial charge is 0.366 e. The van der Waals surface area contributed by atoms with Crippen LogP contribution in [0.3, 0.4) is 0 Å². The molecule has 5 rings (SSSR count). The van der Waals surface area contributed by atoms with E-state index in [1.165, 1.54) is 64.1 Å². The van der Waals surface area contributed by atoms with Gasteiger partial charge in [-0.05, 0) is 68.7 Å². The van der Waals surface area contributed by atoms with Crippen LogP contribution in [0.1, 0.15) is 40.4 Å². The number of carbonyl (C=O) groups is 1. The molecule has 1 fully saturated rings. The van der Waals surface area contributed by atoms with Crippen molar-refractivity contribution < 1.29 is 9.18 Å². The number of hydrogen-bond donors (Lipinski definition) is 2. The molecule has 0 spiro atoms. The fourth-order valence-corrected chi connectivity index (χ4v) is 4.48. The van der Waals surface area contributed by atoms with Crippen LogP contribution in [-0.2, 0) is 7.05 Å². The summed E-state index contributed by atoms with van der Waals surface area (Å²) in [4.78, 5) is 52.2. The molecule has 0 radical (unpaired) electrons. The van der Waals surface area contributed by atoms with Gasteiger partial charge < -0.3 is 11.1 Å². The Bertz CT molecular complexity index is 1740. The number of pyridine rings is 1. The highest BCUT2D eigenvalue weighted by molar-refractivity contribution is 5.94. The second-order valence-electron chi connectivity index (χ2n) is 9.11. The molecule has 0 saturated heterocycles. The number of aromatic nitrogens is 3. The number of primary amides is 1. The molecular formula is C26H24FN5O4. The summed E-state index contributed by atoms with van der Waals surface area (Å²) in [6, 6.07) is 10.3. The second kappa shape index (κ2) is 8.33. The number of halogens is 1. The predicted octanol–water partition coefficient (Wildman–Crippen LogP) is 2.78. The lowest BCUT2D eigenvalue weighted by Gasteiger charge is -2.20. The molecule has 4 aromatic rings. The Kier molecular flexibility index (Phi) is 5.39. The number of nitrogens with one attached hydrogen (secondary N) is 1. The SMILES string of the molecule is Cc1ccc(Nc2c3c(=O)n(C4CC4)c(=O)n(-c4ccc(C(N)=O)cc4)c3c(C)c(=O)n2C)c(F)c1. The summed E-state index contributed by atoms with van der Waals surface area (Å²) in [6.45, 7) is 3.29. The van der Waals surface area contributed by atoms with Crippen molar-refractivity contribution in [2.45, 2.75) is 32.7 Å². The Morgan fingerprint density at radius 1 is 1.03 bits per heavy atom. The van der Waals surface area contributed by atoms with Gasteiger partial charge in [-0.15, -0.1) is 0 Å². The van der Waals surface area contributed by atoms with Crippen molar-refractivity contribution in [2.75, 3.05) is 5.32 Å². The highest BCUT2D eigenvalue weighted by Gasteiger charge is 2.31. The van der Waals surface area contributed by atoms with Crippen LogP contribution >= 0.6 is 0 Å².